The van der Waals surface area contributed by atoms with Crippen LogP contribution in [0, 0.1) is 5.92 Å². The number of benzene rings is 1. The summed E-state index contributed by atoms with van der Waals surface area (Å²) in [6.07, 6.45) is 3.11. The van der Waals surface area contributed by atoms with Crippen molar-refractivity contribution in [2.45, 2.75) is 12.8 Å². The Kier molecular flexibility index (Phi) is 5.04. The second-order valence-corrected chi connectivity index (χ2v) is 5.23. The minimum Gasteiger partial charge on any atom is -0.504 e. The van der Waals surface area contributed by atoms with E-state index in [0.717, 1.165) is 19.2 Å². The van der Waals surface area contributed by atoms with E-state index in [0.29, 0.717) is 12.8 Å². The molecule has 1 fully saturated rings. The van der Waals surface area contributed by atoms with Crippen molar-refractivity contribution in [3.05, 3.63) is 36.5 Å². The molecule has 0 spiro atoms. The lowest BCUT2D eigenvalue weighted by Gasteiger charge is -2.29. The molecule has 1 saturated heterocycles. The quantitative estimate of drug-likeness (QED) is 0.489. The van der Waals surface area contributed by atoms with Gasteiger partial charge in [-0.15, -0.1) is 0 Å². The van der Waals surface area contributed by atoms with Crippen molar-refractivity contribution < 1.29 is 24.5 Å². The molecular formula is C16H19NO5. The Hall–Kier alpha value is -2.50. The summed E-state index contributed by atoms with van der Waals surface area (Å²) in [5.41, 5.74) is 0.185. The molecule has 1 aliphatic rings. The Morgan fingerprint density at radius 1 is 1.27 bits per heavy atom. The standard InChI is InChI=1S/C16H19NO5/c1-2-17-7-5-11(6-8-17)16(21)22-10-15(20)12-3-4-13(18)14(19)9-12/h2-4,9,11,18-19H,1,5-8,10H2. The van der Waals surface area contributed by atoms with Gasteiger partial charge in [0.25, 0.3) is 0 Å². The summed E-state index contributed by atoms with van der Waals surface area (Å²) in [6, 6.07) is 3.73. The highest BCUT2D eigenvalue weighted by molar-refractivity contribution is 5.98. The number of hydrogen-bond acceptors (Lipinski definition) is 6. The number of ether oxygens (including phenoxy) is 1. The number of likely N-dealkylation sites (tertiary alicyclic amines) is 1. The first kappa shape index (κ1) is 15.9. The Labute approximate surface area is 128 Å². The second kappa shape index (κ2) is 6.98. The second-order valence-electron chi connectivity index (χ2n) is 5.23. The van der Waals surface area contributed by atoms with Crippen LogP contribution in [0.1, 0.15) is 23.2 Å². The van der Waals surface area contributed by atoms with Gasteiger partial charge in [-0.05, 0) is 37.2 Å². The molecule has 118 valence electrons. The van der Waals surface area contributed by atoms with Crippen LogP contribution in [0.2, 0.25) is 0 Å². The zero-order valence-corrected chi connectivity index (χ0v) is 12.2. The molecule has 0 radical (unpaired) electrons. The molecule has 1 aromatic rings. The monoisotopic (exact) mass is 305 g/mol. The number of rotatable bonds is 5. The van der Waals surface area contributed by atoms with Gasteiger partial charge in [-0.25, -0.2) is 0 Å². The zero-order chi connectivity index (χ0) is 16.1. The highest BCUT2D eigenvalue weighted by Crippen LogP contribution is 2.25. The van der Waals surface area contributed by atoms with Crippen LogP contribution in [0.25, 0.3) is 0 Å². The summed E-state index contributed by atoms with van der Waals surface area (Å²) in [6.45, 7) is 4.82. The molecule has 1 heterocycles. The van der Waals surface area contributed by atoms with Crippen LogP contribution in [0.3, 0.4) is 0 Å². The lowest BCUT2D eigenvalue weighted by atomic mass is 9.97. The summed E-state index contributed by atoms with van der Waals surface area (Å²) in [5.74, 6) is -1.68. The van der Waals surface area contributed by atoms with E-state index in [4.69, 9.17) is 4.74 Å². The number of hydrogen-bond donors (Lipinski definition) is 2. The molecule has 0 aromatic heterocycles. The molecule has 0 aliphatic carbocycles. The predicted molar refractivity (Wildman–Crippen MR) is 79.6 cm³/mol. The van der Waals surface area contributed by atoms with E-state index < -0.39 is 5.78 Å². The van der Waals surface area contributed by atoms with Crippen molar-refractivity contribution in [1.29, 1.82) is 0 Å². The largest absolute Gasteiger partial charge is 0.504 e. The van der Waals surface area contributed by atoms with Gasteiger partial charge in [-0.3, -0.25) is 9.59 Å². The molecule has 6 nitrogen and oxygen atoms in total. The van der Waals surface area contributed by atoms with Gasteiger partial charge in [0.15, 0.2) is 23.9 Å². The number of carbonyl (C=O) groups is 2. The first-order valence-corrected chi connectivity index (χ1v) is 7.09. The van der Waals surface area contributed by atoms with Crippen molar-refractivity contribution in [1.82, 2.24) is 4.90 Å². The zero-order valence-electron chi connectivity index (χ0n) is 12.2. The third-order valence-corrected chi connectivity index (χ3v) is 3.76. The summed E-state index contributed by atoms with van der Waals surface area (Å²) in [5, 5.41) is 18.6. The van der Waals surface area contributed by atoms with Crippen LogP contribution in [0.4, 0.5) is 0 Å². The highest BCUT2D eigenvalue weighted by Gasteiger charge is 2.25. The maximum absolute atomic E-state index is 11.9. The van der Waals surface area contributed by atoms with E-state index in [2.05, 4.69) is 6.58 Å². The Balaban J connectivity index is 1.84. The number of aromatic hydroxyl groups is 2. The van der Waals surface area contributed by atoms with Gasteiger partial charge in [-0.2, -0.15) is 0 Å². The third kappa shape index (κ3) is 3.78. The van der Waals surface area contributed by atoms with E-state index in [-0.39, 0.29) is 35.6 Å². The molecule has 0 unspecified atom stereocenters. The predicted octanol–water partition coefficient (Wildman–Crippen LogP) is 1.68. The van der Waals surface area contributed by atoms with Crippen LogP contribution >= 0.6 is 0 Å². The smallest absolute Gasteiger partial charge is 0.309 e. The Morgan fingerprint density at radius 3 is 2.55 bits per heavy atom. The Morgan fingerprint density at radius 2 is 1.95 bits per heavy atom. The fourth-order valence-corrected chi connectivity index (χ4v) is 2.35. The van der Waals surface area contributed by atoms with E-state index in [9.17, 15) is 19.8 Å². The van der Waals surface area contributed by atoms with Crippen molar-refractivity contribution >= 4 is 11.8 Å². The fourth-order valence-electron chi connectivity index (χ4n) is 2.35. The molecule has 0 atom stereocenters. The lowest BCUT2D eigenvalue weighted by Crippen LogP contribution is -2.34. The van der Waals surface area contributed by atoms with E-state index in [1.54, 1.807) is 6.20 Å². The van der Waals surface area contributed by atoms with Gasteiger partial charge in [0.05, 0.1) is 5.92 Å². The number of phenolic OH excluding ortho intramolecular Hbond substituents is 2. The summed E-state index contributed by atoms with van der Waals surface area (Å²) < 4.78 is 5.06. The van der Waals surface area contributed by atoms with Gasteiger partial charge in [-0.1, -0.05) is 6.58 Å². The van der Waals surface area contributed by atoms with Gasteiger partial charge in [0.1, 0.15) is 0 Å². The maximum atomic E-state index is 11.9. The molecule has 2 N–H and O–H groups in total. The van der Waals surface area contributed by atoms with Crippen molar-refractivity contribution in [3.8, 4) is 11.5 Å². The number of nitrogens with zero attached hydrogens (tertiary/aromatic N) is 1. The molecule has 22 heavy (non-hydrogen) atoms. The van der Waals surface area contributed by atoms with Crippen LogP contribution in [0.15, 0.2) is 31.0 Å². The summed E-state index contributed by atoms with van der Waals surface area (Å²) in [7, 11) is 0. The van der Waals surface area contributed by atoms with Gasteiger partial charge < -0.3 is 19.8 Å². The molecule has 0 amide bonds. The number of esters is 1. The number of phenols is 2. The van der Waals surface area contributed by atoms with Gasteiger partial charge >= 0.3 is 5.97 Å². The molecule has 1 aromatic carbocycles. The Bertz CT molecular complexity index is 576. The maximum Gasteiger partial charge on any atom is 0.309 e. The number of ketones is 1. The van der Waals surface area contributed by atoms with E-state index in [1.165, 1.54) is 12.1 Å². The third-order valence-electron chi connectivity index (χ3n) is 3.76. The van der Waals surface area contributed by atoms with Gasteiger partial charge in [0.2, 0.25) is 0 Å². The minimum absolute atomic E-state index is 0.185. The van der Waals surface area contributed by atoms with Crippen molar-refractivity contribution in [3.63, 3.8) is 0 Å². The van der Waals surface area contributed by atoms with Crippen LogP contribution < -0.4 is 0 Å². The molecular weight excluding hydrogens is 286 g/mol. The molecule has 2 rings (SSSR count). The van der Waals surface area contributed by atoms with Gasteiger partial charge in [0, 0.05) is 18.7 Å². The fraction of sp³-hybridized carbons (Fsp3) is 0.375. The normalized spacial score (nSPS) is 15.4. The molecule has 6 heteroatoms. The SMILES string of the molecule is C=CN1CCC(C(=O)OCC(=O)c2ccc(O)c(O)c2)CC1. The minimum atomic E-state index is -0.424. The summed E-state index contributed by atoms with van der Waals surface area (Å²) >= 11 is 0. The van der Waals surface area contributed by atoms with E-state index in [1.807, 2.05) is 4.90 Å². The molecule has 1 aliphatic heterocycles. The first-order chi connectivity index (χ1) is 10.5. The number of carbonyl (C=O) groups excluding carboxylic acids is 2. The first-order valence-electron chi connectivity index (χ1n) is 7.09. The number of Topliss-reactive ketones (excluding diaryl/α,β-unsaturated/α-hetero) is 1. The average Bonchev–Trinajstić information content (AvgIpc) is 2.54. The van der Waals surface area contributed by atoms with Crippen LogP contribution in [0.5, 0.6) is 11.5 Å². The van der Waals surface area contributed by atoms with Crippen molar-refractivity contribution in [2.75, 3.05) is 19.7 Å². The van der Waals surface area contributed by atoms with Crippen molar-refractivity contribution in [2.24, 2.45) is 5.92 Å². The number of piperidine rings is 1. The van der Waals surface area contributed by atoms with E-state index >= 15 is 0 Å². The topological polar surface area (TPSA) is 87.1 Å². The average molecular weight is 305 g/mol. The molecule has 0 bridgehead atoms. The van der Waals surface area contributed by atoms with Crippen LogP contribution in [-0.4, -0.2) is 46.6 Å². The molecule has 0 saturated carbocycles. The summed E-state index contributed by atoms with van der Waals surface area (Å²) in [4.78, 5) is 25.9. The van der Waals surface area contributed by atoms with Crippen LogP contribution in [-0.2, 0) is 9.53 Å². The lowest BCUT2D eigenvalue weighted by molar-refractivity contribution is -0.148. The highest BCUT2D eigenvalue weighted by atomic mass is 16.5.